The van der Waals surface area contributed by atoms with Crippen LogP contribution in [0.15, 0.2) is 35.4 Å². The molecule has 1 aliphatic heterocycles. The standard InChI is InChI=1S/C21H22N5O4PS/c1-2-15-16(10-22)20(26-9-8-14(12-26)30-31(28)29)25-21(17(15)11-23)32-18(19(24)27)13-6-4-3-5-7-13/h3-7,14,18,28-29H,2,8-9,12H2,1H3,(H2,24,27). The smallest absolute Gasteiger partial charge is 0.327 e. The van der Waals surface area contributed by atoms with Gasteiger partial charge in [0.2, 0.25) is 5.91 Å². The number of aromatic nitrogens is 1. The Kier molecular flexibility index (Phi) is 8.03. The second kappa shape index (κ2) is 10.7. The van der Waals surface area contributed by atoms with E-state index in [2.05, 4.69) is 17.1 Å². The molecule has 1 amide bonds. The van der Waals surface area contributed by atoms with Crippen molar-refractivity contribution in [1.29, 1.82) is 10.5 Å². The molecule has 2 aromatic rings. The van der Waals surface area contributed by atoms with E-state index in [0.717, 1.165) is 11.8 Å². The Morgan fingerprint density at radius 1 is 1.34 bits per heavy atom. The van der Waals surface area contributed by atoms with E-state index >= 15 is 0 Å². The van der Waals surface area contributed by atoms with Crippen LogP contribution < -0.4 is 10.6 Å². The number of anilines is 1. The number of nitriles is 2. The van der Waals surface area contributed by atoms with Crippen molar-refractivity contribution in [2.75, 3.05) is 18.0 Å². The Labute approximate surface area is 191 Å². The number of hydrogen-bond acceptors (Lipinski definition) is 9. The molecule has 1 fully saturated rings. The summed E-state index contributed by atoms with van der Waals surface area (Å²) in [6, 6.07) is 13.3. The number of nitrogens with two attached hydrogens (primary N) is 1. The highest BCUT2D eigenvalue weighted by Crippen LogP contribution is 2.40. The van der Waals surface area contributed by atoms with Crippen LogP contribution in [0.25, 0.3) is 0 Å². The third kappa shape index (κ3) is 5.18. The summed E-state index contributed by atoms with van der Waals surface area (Å²) in [5.74, 6) is -0.182. The van der Waals surface area contributed by atoms with Gasteiger partial charge < -0.3 is 24.9 Å². The largest absolute Gasteiger partial charge is 0.368 e. The van der Waals surface area contributed by atoms with Crippen LogP contribution in [0.1, 0.15) is 40.8 Å². The maximum atomic E-state index is 12.2. The fourth-order valence-electron chi connectivity index (χ4n) is 3.67. The number of amides is 1. The van der Waals surface area contributed by atoms with E-state index in [9.17, 15) is 15.3 Å². The highest BCUT2D eigenvalue weighted by molar-refractivity contribution is 8.00. The van der Waals surface area contributed by atoms with Gasteiger partial charge in [-0.2, -0.15) is 10.5 Å². The first kappa shape index (κ1) is 23.9. The Morgan fingerprint density at radius 3 is 2.59 bits per heavy atom. The highest BCUT2D eigenvalue weighted by Gasteiger charge is 2.31. The molecule has 0 aliphatic carbocycles. The third-order valence-electron chi connectivity index (χ3n) is 5.10. The van der Waals surface area contributed by atoms with Gasteiger partial charge in [-0.05, 0) is 24.0 Å². The first-order chi connectivity index (χ1) is 15.4. The van der Waals surface area contributed by atoms with E-state index < -0.39 is 25.9 Å². The average Bonchev–Trinajstić information content (AvgIpc) is 3.24. The summed E-state index contributed by atoms with van der Waals surface area (Å²) >= 11 is 1.08. The number of primary amides is 1. The zero-order valence-electron chi connectivity index (χ0n) is 17.3. The number of rotatable bonds is 8. The van der Waals surface area contributed by atoms with Crippen LogP contribution in [0.5, 0.6) is 0 Å². The topological polar surface area (TPSA) is 156 Å². The van der Waals surface area contributed by atoms with Crippen LogP contribution in [0.4, 0.5) is 5.82 Å². The molecule has 2 unspecified atom stereocenters. The normalized spacial score (nSPS) is 16.6. The third-order valence-corrected chi connectivity index (χ3v) is 6.85. The number of benzene rings is 1. The van der Waals surface area contributed by atoms with Gasteiger partial charge in [0.05, 0.1) is 17.2 Å². The van der Waals surface area contributed by atoms with Crippen LogP contribution >= 0.6 is 20.4 Å². The van der Waals surface area contributed by atoms with E-state index in [1.807, 2.05) is 17.9 Å². The quantitative estimate of drug-likeness (QED) is 0.389. The van der Waals surface area contributed by atoms with E-state index in [-0.39, 0.29) is 5.56 Å². The summed E-state index contributed by atoms with van der Waals surface area (Å²) in [7, 11) is -2.49. The van der Waals surface area contributed by atoms with Crippen molar-refractivity contribution < 1.29 is 19.1 Å². The van der Waals surface area contributed by atoms with Gasteiger partial charge in [0, 0.05) is 13.1 Å². The molecule has 1 aromatic carbocycles. The lowest BCUT2D eigenvalue weighted by molar-refractivity contribution is -0.117. The van der Waals surface area contributed by atoms with Crippen molar-refractivity contribution >= 4 is 32.1 Å². The van der Waals surface area contributed by atoms with Gasteiger partial charge in [-0.3, -0.25) is 4.79 Å². The molecule has 11 heteroatoms. The zero-order valence-corrected chi connectivity index (χ0v) is 19.0. The van der Waals surface area contributed by atoms with Gasteiger partial charge >= 0.3 is 8.60 Å². The van der Waals surface area contributed by atoms with Crippen LogP contribution in [0, 0.1) is 22.7 Å². The predicted molar refractivity (Wildman–Crippen MR) is 120 cm³/mol. The summed E-state index contributed by atoms with van der Waals surface area (Å²) in [5, 5.41) is 19.3. The molecule has 1 aromatic heterocycles. The minimum absolute atomic E-state index is 0.251. The molecule has 2 atom stereocenters. The van der Waals surface area contributed by atoms with Crippen LogP contribution in [-0.2, 0) is 15.7 Å². The Morgan fingerprint density at radius 2 is 2.03 bits per heavy atom. The minimum Gasteiger partial charge on any atom is -0.368 e. The van der Waals surface area contributed by atoms with Crippen molar-refractivity contribution in [2.45, 2.75) is 36.1 Å². The Balaban J connectivity index is 2.06. The zero-order chi connectivity index (χ0) is 23.3. The maximum Gasteiger partial charge on any atom is 0.327 e. The first-order valence-corrected chi connectivity index (χ1v) is 11.9. The molecule has 0 saturated carbocycles. The molecular formula is C21H22N5O4PS. The van der Waals surface area contributed by atoms with E-state index in [4.69, 9.17) is 20.0 Å². The number of pyridine rings is 1. The van der Waals surface area contributed by atoms with Crippen LogP contribution in [-0.4, -0.2) is 39.9 Å². The van der Waals surface area contributed by atoms with Crippen molar-refractivity contribution in [2.24, 2.45) is 5.73 Å². The summed E-state index contributed by atoms with van der Waals surface area (Å²) in [6.07, 6.45) is 0.544. The molecule has 0 spiro atoms. The molecule has 0 bridgehead atoms. The molecule has 166 valence electrons. The second-order valence-corrected chi connectivity index (χ2v) is 8.88. The van der Waals surface area contributed by atoms with Crippen molar-refractivity contribution in [3.05, 3.63) is 52.6 Å². The van der Waals surface area contributed by atoms with Crippen molar-refractivity contribution in [3.63, 3.8) is 0 Å². The Hall–Kier alpha value is -2.72. The molecule has 0 radical (unpaired) electrons. The fraction of sp³-hybridized carbons (Fsp3) is 0.333. The summed E-state index contributed by atoms with van der Waals surface area (Å²) in [5.41, 5.74) is 7.45. The van der Waals surface area contributed by atoms with E-state index in [0.29, 0.717) is 53.5 Å². The Bertz CT molecular complexity index is 1070. The number of hydrogen-bond donors (Lipinski definition) is 3. The summed E-state index contributed by atoms with van der Waals surface area (Å²) < 4.78 is 5.13. The van der Waals surface area contributed by atoms with Gasteiger partial charge in [0.1, 0.15) is 28.2 Å². The van der Waals surface area contributed by atoms with Gasteiger partial charge in [-0.15, -0.1) is 0 Å². The molecular weight excluding hydrogens is 449 g/mol. The molecule has 9 nitrogen and oxygen atoms in total. The van der Waals surface area contributed by atoms with Crippen molar-refractivity contribution in [3.8, 4) is 12.1 Å². The lowest BCUT2D eigenvalue weighted by Gasteiger charge is -2.23. The fourth-order valence-corrected chi connectivity index (χ4v) is 5.16. The summed E-state index contributed by atoms with van der Waals surface area (Å²) in [4.78, 5) is 37.0. The molecule has 2 heterocycles. The van der Waals surface area contributed by atoms with Crippen LogP contribution in [0.3, 0.4) is 0 Å². The van der Waals surface area contributed by atoms with Crippen LogP contribution in [0.2, 0.25) is 0 Å². The lowest BCUT2D eigenvalue weighted by atomic mass is 10.0. The van der Waals surface area contributed by atoms with Gasteiger partial charge in [-0.1, -0.05) is 49.0 Å². The summed E-state index contributed by atoms with van der Waals surface area (Å²) in [6.45, 7) is 2.66. The molecule has 1 saturated heterocycles. The molecule has 3 rings (SSSR count). The number of carbonyl (C=O) groups is 1. The minimum atomic E-state index is -2.49. The SMILES string of the molecule is CCc1c(C#N)c(SC(C(N)=O)c2ccccc2)nc(N2CCC(OP(O)O)C2)c1C#N. The second-order valence-electron chi connectivity index (χ2n) is 7.07. The number of carbonyl (C=O) groups excluding carboxylic acids is 1. The molecule has 32 heavy (non-hydrogen) atoms. The first-order valence-electron chi connectivity index (χ1n) is 9.87. The molecule has 4 N–H and O–H groups in total. The monoisotopic (exact) mass is 471 g/mol. The van der Waals surface area contributed by atoms with Crippen molar-refractivity contribution in [1.82, 2.24) is 4.98 Å². The van der Waals surface area contributed by atoms with E-state index in [1.54, 1.807) is 24.3 Å². The maximum absolute atomic E-state index is 12.2. The lowest BCUT2D eigenvalue weighted by Crippen LogP contribution is -2.25. The van der Waals surface area contributed by atoms with Gasteiger partial charge in [0.15, 0.2) is 0 Å². The van der Waals surface area contributed by atoms with E-state index in [1.165, 1.54) is 0 Å². The van der Waals surface area contributed by atoms with Gasteiger partial charge in [0.25, 0.3) is 0 Å². The predicted octanol–water partition coefficient (Wildman–Crippen LogP) is 2.51. The average molecular weight is 471 g/mol. The number of thioether (sulfide) groups is 1. The molecule has 1 aliphatic rings. The number of nitrogens with zero attached hydrogens (tertiary/aromatic N) is 4. The highest BCUT2D eigenvalue weighted by atomic mass is 32.2. The van der Waals surface area contributed by atoms with Gasteiger partial charge in [-0.25, -0.2) is 4.98 Å².